The van der Waals surface area contributed by atoms with Crippen molar-refractivity contribution < 1.29 is 0 Å². The zero-order valence-electron chi connectivity index (χ0n) is 7.82. The van der Waals surface area contributed by atoms with E-state index in [1.807, 2.05) is 0 Å². The quantitative estimate of drug-likeness (QED) is 0.671. The largest absolute Gasteiger partial charge is 0.127 e. The Labute approximate surface area is 89.9 Å². The van der Waals surface area contributed by atoms with Gasteiger partial charge in [-0.05, 0) is 30.9 Å². The number of rotatable bonds is 4. The third kappa shape index (κ3) is 3.21. The van der Waals surface area contributed by atoms with Gasteiger partial charge in [-0.1, -0.05) is 23.8 Å². The van der Waals surface area contributed by atoms with Crippen molar-refractivity contribution in [3.05, 3.63) is 34.9 Å². The van der Waals surface area contributed by atoms with E-state index in [1.54, 1.807) is 0 Å². The van der Waals surface area contributed by atoms with E-state index in [0.717, 1.165) is 18.7 Å². The van der Waals surface area contributed by atoms with E-state index in [9.17, 15) is 0 Å². The smallest absolute Gasteiger partial charge is 0.0476 e. The fourth-order valence-corrected chi connectivity index (χ4v) is 1.76. The van der Waals surface area contributed by atoms with Crippen molar-refractivity contribution in [2.45, 2.75) is 25.6 Å². The highest BCUT2D eigenvalue weighted by molar-refractivity contribution is 6.18. The molecule has 0 aromatic heterocycles. The molecule has 1 rings (SSSR count). The Kier molecular flexibility index (Phi) is 4.61. The molecule has 2 heteroatoms. The minimum Gasteiger partial charge on any atom is -0.127 e. The van der Waals surface area contributed by atoms with Crippen molar-refractivity contribution in [3.8, 4) is 0 Å². The third-order valence-electron chi connectivity index (χ3n) is 2.09. The van der Waals surface area contributed by atoms with Crippen LogP contribution in [0.25, 0.3) is 0 Å². The van der Waals surface area contributed by atoms with E-state index in [4.69, 9.17) is 23.2 Å². The molecule has 0 spiro atoms. The van der Waals surface area contributed by atoms with E-state index in [-0.39, 0.29) is 0 Å². The minimum absolute atomic E-state index is 0.597. The lowest BCUT2D eigenvalue weighted by Crippen LogP contribution is -1.93. The zero-order chi connectivity index (χ0) is 9.68. The predicted molar refractivity (Wildman–Crippen MR) is 59.8 cm³/mol. The monoisotopic (exact) mass is 216 g/mol. The number of hydrogen-bond acceptors (Lipinski definition) is 0. The highest BCUT2D eigenvalue weighted by Crippen LogP contribution is 2.16. The molecule has 0 heterocycles. The van der Waals surface area contributed by atoms with Crippen molar-refractivity contribution in [1.82, 2.24) is 0 Å². The molecule has 0 saturated heterocycles. The second kappa shape index (κ2) is 5.51. The molecular formula is C11H14Cl2. The van der Waals surface area contributed by atoms with Gasteiger partial charge in [-0.25, -0.2) is 0 Å². The molecule has 72 valence electrons. The first-order valence-corrected chi connectivity index (χ1v) is 5.55. The first kappa shape index (κ1) is 10.9. The molecule has 0 fully saturated rings. The summed E-state index contributed by atoms with van der Waals surface area (Å²) in [6.07, 6.45) is 2.06. The molecule has 0 aliphatic rings. The summed E-state index contributed by atoms with van der Waals surface area (Å²) in [7, 11) is 0. The van der Waals surface area contributed by atoms with Crippen LogP contribution in [-0.4, -0.2) is 5.88 Å². The van der Waals surface area contributed by atoms with Gasteiger partial charge >= 0.3 is 0 Å². The Balaban J connectivity index is 2.79. The molecule has 0 N–H and O–H groups in total. The third-order valence-corrected chi connectivity index (χ3v) is 2.64. The first-order valence-electron chi connectivity index (χ1n) is 4.48. The highest BCUT2D eigenvalue weighted by Gasteiger charge is 2.00. The second-order valence-corrected chi connectivity index (χ2v) is 3.84. The molecule has 0 amide bonds. The summed E-state index contributed by atoms with van der Waals surface area (Å²) >= 11 is 11.5. The summed E-state index contributed by atoms with van der Waals surface area (Å²) in [6, 6.07) is 6.43. The summed E-state index contributed by atoms with van der Waals surface area (Å²) in [4.78, 5) is 0. The van der Waals surface area contributed by atoms with Gasteiger partial charge < -0.3 is 0 Å². The Morgan fingerprint density at radius 1 is 1.15 bits per heavy atom. The van der Waals surface area contributed by atoms with Crippen LogP contribution in [0.5, 0.6) is 0 Å². The summed E-state index contributed by atoms with van der Waals surface area (Å²) < 4.78 is 0. The average Bonchev–Trinajstić information content (AvgIpc) is 2.16. The number of benzene rings is 1. The van der Waals surface area contributed by atoms with Crippen molar-refractivity contribution in [2.75, 3.05) is 5.88 Å². The molecule has 0 aliphatic carbocycles. The van der Waals surface area contributed by atoms with Gasteiger partial charge in [0.25, 0.3) is 0 Å². The van der Waals surface area contributed by atoms with Crippen molar-refractivity contribution in [3.63, 3.8) is 0 Å². The van der Waals surface area contributed by atoms with Crippen LogP contribution in [0.15, 0.2) is 18.2 Å². The minimum atomic E-state index is 0.597. The Morgan fingerprint density at radius 3 is 2.54 bits per heavy atom. The van der Waals surface area contributed by atoms with Gasteiger partial charge in [-0.2, -0.15) is 0 Å². The molecule has 0 radical (unpaired) electrons. The molecule has 0 saturated carbocycles. The van der Waals surface area contributed by atoms with Crippen LogP contribution in [0.2, 0.25) is 0 Å². The lowest BCUT2D eigenvalue weighted by atomic mass is 10.0. The van der Waals surface area contributed by atoms with Crippen LogP contribution >= 0.6 is 23.2 Å². The Bertz CT molecular complexity index is 269. The van der Waals surface area contributed by atoms with E-state index in [2.05, 4.69) is 25.1 Å². The molecule has 1 aromatic rings. The van der Waals surface area contributed by atoms with Crippen LogP contribution in [0.3, 0.4) is 0 Å². The second-order valence-electron chi connectivity index (χ2n) is 3.20. The Hall–Kier alpha value is -0.200. The molecule has 0 atom stereocenters. The number of alkyl halides is 2. The van der Waals surface area contributed by atoms with Gasteiger partial charge in [0.15, 0.2) is 0 Å². The Morgan fingerprint density at radius 2 is 1.92 bits per heavy atom. The van der Waals surface area contributed by atoms with Crippen LogP contribution in [0.4, 0.5) is 0 Å². The van der Waals surface area contributed by atoms with Gasteiger partial charge in [0.05, 0.1) is 0 Å². The maximum absolute atomic E-state index is 5.85. The SMILES string of the molecule is Cc1ccc(CCCCl)c(CCl)c1. The standard InChI is InChI=1S/C11H14Cl2/c1-9-4-5-10(3-2-6-12)11(7-9)8-13/h4-5,7H,2-3,6,8H2,1H3. The van der Waals surface area contributed by atoms with Crippen molar-refractivity contribution in [2.24, 2.45) is 0 Å². The normalized spacial score (nSPS) is 10.4. The summed E-state index contributed by atoms with van der Waals surface area (Å²) in [6.45, 7) is 2.08. The molecule has 0 nitrogen and oxygen atoms in total. The molecule has 0 bridgehead atoms. The maximum atomic E-state index is 5.85. The lowest BCUT2D eigenvalue weighted by Gasteiger charge is -2.06. The number of aryl methyl sites for hydroxylation is 2. The van der Waals surface area contributed by atoms with Crippen LogP contribution in [-0.2, 0) is 12.3 Å². The first-order chi connectivity index (χ1) is 6.27. The number of hydrogen-bond donors (Lipinski definition) is 0. The van der Waals surface area contributed by atoms with Gasteiger partial charge in [0, 0.05) is 11.8 Å². The van der Waals surface area contributed by atoms with E-state index < -0.39 is 0 Å². The predicted octanol–water partition coefficient (Wildman–Crippen LogP) is 3.91. The lowest BCUT2D eigenvalue weighted by molar-refractivity contribution is 0.916. The van der Waals surface area contributed by atoms with E-state index >= 15 is 0 Å². The van der Waals surface area contributed by atoms with Crippen molar-refractivity contribution >= 4 is 23.2 Å². The van der Waals surface area contributed by atoms with Gasteiger partial charge in [-0.15, -0.1) is 23.2 Å². The van der Waals surface area contributed by atoms with Crippen molar-refractivity contribution in [1.29, 1.82) is 0 Å². The fraction of sp³-hybridized carbons (Fsp3) is 0.455. The molecule has 0 unspecified atom stereocenters. The average molecular weight is 217 g/mol. The topological polar surface area (TPSA) is 0 Å². The zero-order valence-corrected chi connectivity index (χ0v) is 9.33. The van der Waals surface area contributed by atoms with E-state index in [0.29, 0.717) is 5.88 Å². The van der Waals surface area contributed by atoms with Gasteiger partial charge in [-0.3, -0.25) is 0 Å². The maximum Gasteiger partial charge on any atom is 0.0476 e. The fourth-order valence-electron chi connectivity index (χ4n) is 1.38. The molecular weight excluding hydrogens is 203 g/mol. The summed E-state index contributed by atoms with van der Waals surface area (Å²) in [5.74, 6) is 1.31. The van der Waals surface area contributed by atoms with Crippen LogP contribution in [0.1, 0.15) is 23.1 Å². The van der Waals surface area contributed by atoms with Crippen LogP contribution in [0, 0.1) is 6.92 Å². The molecule has 1 aromatic carbocycles. The highest BCUT2D eigenvalue weighted by atomic mass is 35.5. The number of halogens is 2. The van der Waals surface area contributed by atoms with E-state index in [1.165, 1.54) is 16.7 Å². The van der Waals surface area contributed by atoms with Gasteiger partial charge in [0.2, 0.25) is 0 Å². The molecule has 13 heavy (non-hydrogen) atoms. The summed E-state index contributed by atoms with van der Waals surface area (Å²) in [5, 5.41) is 0. The summed E-state index contributed by atoms with van der Waals surface area (Å²) in [5.41, 5.74) is 3.85. The van der Waals surface area contributed by atoms with Crippen LogP contribution < -0.4 is 0 Å². The van der Waals surface area contributed by atoms with Gasteiger partial charge in [0.1, 0.15) is 0 Å². The molecule has 0 aliphatic heterocycles.